The maximum absolute atomic E-state index is 13.3. The SMILES string of the molecule is O=C1C2=C(Nc3ccccc3S[C@H]2c2ccc([N+](=O)[O-])cc2)c2ccccc21. The molecule has 0 saturated heterocycles. The van der Waals surface area contributed by atoms with E-state index in [4.69, 9.17) is 0 Å². The second kappa shape index (κ2) is 6.35. The third kappa shape index (κ3) is 2.53. The van der Waals surface area contributed by atoms with Gasteiger partial charge in [-0.05, 0) is 17.7 Å². The van der Waals surface area contributed by atoms with Crippen LogP contribution in [0, 0.1) is 10.1 Å². The van der Waals surface area contributed by atoms with Gasteiger partial charge in [0.1, 0.15) is 0 Å². The Morgan fingerprint density at radius 1 is 0.893 bits per heavy atom. The third-order valence-corrected chi connectivity index (χ3v) is 6.37. The highest BCUT2D eigenvalue weighted by molar-refractivity contribution is 8.00. The van der Waals surface area contributed by atoms with Gasteiger partial charge in [0.15, 0.2) is 5.78 Å². The number of ketones is 1. The first kappa shape index (κ1) is 16.8. The van der Waals surface area contributed by atoms with Crippen molar-refractivity contribution in [3.05, 3.63) is 105 Å². The minimum Gasteiger partial charge on any atom is -0.354 e. The van der Waals surface area contributed by atoms with Gasteiger partial charge in [0.2, 0.25) is 0 Å². The summed E-state index contributed by atoms with van der Waals surface area (Å²) >= 11 is 1.58. The van der Waals surface area contributed by atoms with Crippen molar-refractivity contribution >= 4 is 34.6 Å². The van der Waals surface area contributed by atoms with Crippen LogP contribution in [-0.2, 0) is 0 Å². The van der Waals surface area contributed by atoms with Crippen molar-refractivity contribution in [2.45, 2.75) is 10.1 Å². The molecule has 2 aliphatic rings. The monoisotopic (exact) mass is 386 g/mol. The van der Waals surface area contributed by atoms with E-state index >= 15 is 0 Å². The number of nitro groups is 1. The smallest absolute Gasteiger partial charge is 0.269 e. The van der Waals surface area contributed by atoms with Crippen molar-refractivity contribution in [1.29, 1.82) is 0 Å². The van der Waals surface area contributed by atoms with E-state index in [1.165, 1.54) is 12.1 Å². The first-order chi connectivity index (χ1) is 13.6. The van der Waals surface area contributed by atoms with Gasteiger partial charge in [0, 0.05) is 33.7 Å². The van der Waals surface area contributed by atoms with Crippen LogP contribution in [0.4, 0.5) is 11.4 Å². The van der Waals surface area contributed by atoms with Gasteiger partial charge in [-0.25, -0.2) is 0 Å². The fourth-order valence-corrected chi connectivity index (χ4v) is 4.98. The summed E-state index contributed by atoms with van der Waals surface area (Å²) in [5.41, 5.74) is 4.95. The van der Waals surface area contributed by atoms with Gasteiger partial charge in [0.05, 0.1) is 21.6 Å². The molecule has 1 aliphatic carbocycles. The Morgan fingerprint density at radius 3 is 2.32 bits per heavy atom. The fourth-order valence-electron chi connectivity index (χ4n) is 3.69. The van der Waals surface area contributed by atoms with E-state index in [0.717, 1.165) is 27.4 Å². The minimum absolute atomic E-state index is 0.00163. The molecule has 1 atom stereocenters. The Kier molecular flexibility index (Phi) is 3.80. The predicted octanol–water partition coefficient (Wildman–Crippen LogP) is 5.46. The average molecular weight is 386 g/mol. The molecule has 3 aromatic carbocycles. The fraction of sp³-hybridized carbons (Fsp3) is 0.0455. The van der Waals surface area contributed by atoms with Crippen LogP contribution < -0.4 is 5.32 Å². The number of hydrogen-bond acceptors (Lipinski definition) is 5. The standard InChI is InChI=1S/C22H14N2O3S/c25-21-16-6-2-1-5-15(16)20-19(21)22(13-9-11-14(12-10-13)24(26)27)28-18-8-4-3-7-17(18)23-20/h1-12,22-23H/t22-/m0/s1. The summed E-state index contributed by atoms with van der Waals surface area (Å²) in [5.74, 6) is 0.00163. The Bertz CT molecular complexity index is 1170. The summed E-state index contributed by atoms with van der Waals surface area (Å²) in [4.78, 5) is 24.9. The van der Waals surface area contributed by atoms with Crippen LogP contribution in [0.5, 0.6) is 0 Å². The first-order valence-electron chi connectivity index (χ1n) is 8.79. The van der Waals surface area contributed by atoms with E-state index in [9.17, 15) is 14.9 Å². The van der Waals surface area contributed by atoms with Crippen molar-refractivity contribution in [3.63, 3.8) is 0 Å². The quantitative estimate of drug-likeness (QED) is 0.468. The van der Waals surface area contributed by atoms with Crippen molar-refractivity contribution in [2.24, 2.45) is 0 Å². The van der Waals surface area contributed by atoms with E-state index < -0.39 is 4.92 Å². The largest absolute Gasteiger partial charge is 0.354 e. The second-order valence-electron chi connectivity index (χ2n) is 6.63. The molecule has 5 nitrogen and oxygen atoms in total. The van der Waals surface area contributed by atoms with E-state index in [1.54, 1.807) is 23.9 Å². The first-order valence-corrected chi connectivity index (χ1v) is 9.67. The van der Waals surface area contributed by atoms with Crippen molar-refractivity contribution in [3.8, 4) is 0 Å². The van der Waals surface area contributed by atoms with Gasteiger partial charge < -0.3 is 5.32 Å². The normalized spacial score (nSPS) is 17.3. The number of nitro benzene ring substituents is 1. The lowest BCUT2D eigenvalue weighted by molar-refractivity contribution is -0.384. The van der Waals surface area contributed by atoms with Crippen molar-refractivity contribution in [2.75, 3.05) is 5.32 Å². The number of hydrogen-bond donors (Lipinski definition) is 1. The molecule has 0 saturated carbocycles. The van der Waals surface area contributed by atoms with Crippen LogP contribution in [0.3, 0.4) is 0 Å². The van der Waals surface area contributed by atoms with Gasteiger partial charge in [-0.3, -0.25) is 14.9 Å². The molecule has 136 valence electrons. The number of nitrogens with one attached hydrogen (secondary N) is 1. The molecule has 0 aromatic heterocycles. The number of rotatable bonds is 2. The number of benzene rings is 3. The highest BCUT2D eigenvalue weighted by atomic mass is 32.2. The molecule has 1 heterocycles. The van der Waals surface area contributed by atoms with E-state index in [1.807, 2.05) is 48.5 Å². The van der Waals surface area contributed by atoms with Crippen LogP contribution in [0.1, 0.15) is 26.7 Å². The molecule has 0 amide bonds. The molecule has 0 fully saturated rings. The summed E-state index contributed by atoms with van der Waals surface area (Å²) < 4.78 is 0. The van der Waals surface area contributed by atoms with E-state index in [-0.39, 0.29) is 16.7 Å². The van der Waals surface area contributed by atoms with Crippen LogP contribution in [-0.4, -0.2) is 10.7 Å². The summed E-state index contributed by atoms with van der Waals surface area (Å²) in [5, 5.41) is 14.2. The van der Waals surface area contributed by atoms with Gasteiger partial charge in [-0.15, -0.1) is 11.8 Å². The molecule has 1 aliphatic heterocycles. The van der Waals surface area contributed by atoms with Gasteiger partial charge in [-0.2, -0.15) is 0 Å². The Morgan fingerprint density at radius 2 is 1.57 bits per heavy atom. The van der Waals surface area contributed by atoms with Crippen molar-refractivity contribution < 1.29 is 9.72 Å². The zero-order valence-electron chi connectivity index (χ0n) is 14.6. The van der Waals surface area contributed by atoms with Crippen molar-refractivity contribution in [1.82, 2.24) is 0 Å². The Labute approximate surface area is 165 Å². The van der Waals surface area contributed by atoms with Gasteiger partial charge >= 0.3 is 0 Å². The third-order valence-electron chi connectivity index (χ3n) is 5.02. The van der Waals surface area contributed by atoms with Gasteiger partial charge in [-0.1, -0.05) is 48.5 Å². The zero-order chi connectivity index (χ0) is 19.3. The minimum atomic E-state index is -0.415. The molecule has 5 rings (SSSR count). The lowest BCUT2D eigenvalue weighted by atomic mass is 10.0. The number of para-hydroxylation sites is 1. The lowest BCUT2D eigenvalue weighted by Crippen LogP contribution is -2.07. The number of carbonyl (C=O) groups is 1. The summed E-state index contributed by atoms with van der Waals surface area (Å²) in [7, 11) is 0. The zero-order valence-corrected chi connectivity index (χ0v) is 15.4. The van der Waals surface area contributed by atoms with Gasteiger partial charge in [0.25, 0.3) is 5.69 Å². The Balaban J connectivity index is 1.70. The Hall–Kier alpha value is -3.38. The maximum Gasteiger partial charge on any atom is 0.269 e. The molecule has 28 heavy (non-hydrogen) atoms. The van der Waals surface area contributed by atoms with Crippen LogP contribution >= 0.6 is 11.8 Å². The number of fused-ring (bicyclic) bond motifs is 3. The molecule has 0 unspecified atom stereocenters. The van der Waals surface area contributed by atoms with E-state index in [2.05, 4.69) is 5.32 Å². The summed E-state index contributed by atoms with van der Waals surface area (Å²) in [6.45, 7) is 0. The number of carbonyl (C=O) groups excluding carboxylic acids is 1. The average Bonchev–Trinajstić information content (AvgIpc) is 2.89. The maximum atomic E-state index is 13.3. The lowest BCUT2D eigenvalue weighted by Gasteiger charge is -2.17. The van der Waals surface area contributed by atoms with E-state index in [0.29, 0.717) is 11.1 Å². The molecule has 3 aromatic rings. The van der Waals surface area contributed by atoms with Crippen LogP contribution in [0.25, 0.3) is 5.70 Å². The highest BCUT2D eigenvalue weighted by Crippen LogP contribution is 2.52. The molecule has 1 N–H and O–H groups in total. The van der Waals surface area contributed by atoms with Crippen LogP contribution in [0.15, 0.2) is 83.3 Å². The number of non-ortho nitro benzene ring substituents is 1. The number of nitrogens with zero attached hydrogens (tertiary/aromatic N) is 1. The topological polar surface area (TPSA) is 72.2 Å². The number of anilines is 1. The predicted molar refractivity (Wildman–Crippen MR) is 109 cm³/mol. The highest BCUT2D eigenvalue weighted by Gasteiger charge is 2.38. The molecule has 6 heteroatoms. The number of Topliss-reactive ketones (excluding diaryl/α,β-unsaturated/α-hetero) is 1. The molecule has 0 bridgehead atoms. The number of thioether (sulfide) groups is 1. The second-order valence-corrected chi connectivity index (χ2v) is 7.78. The van der Waals surface area contributed by atoms with Crippen LogP contribution in [0.2, 0.25) is 0 Å². The molecule has 0 radical (unpaired) electrons. The summed E-state index contributed by atoms with van der Waals surface area (Å²) in [6.07, 6.45) is 0. The molecular formula is C22H14N2O3S. The molecule has 0 spiro atoms. The molecular weight excluding hydrogens is 372 g/mol. The summed E-state index contributed by atoms with van der Waals surface area (Å²) in [6, 6.07) is 22.0.